The Bertz CT molecular complexity index is 349. The Morgan fingerprint density at radius 2 is 2.36 bits per heavy atom. The van der Waals surface area contributed by atoms with Gasteiger partial charge in [-0.25, -0.2) is 13.1 Å². The van der Waals surface area contributed by atoms with Crippen molar-refractivity contribution in [3.63, 3.8) is 0 Å². The second-order valence-electron chi connectivity index (χ2n) is 2.76. The molecule has 0 aliphatic rings. The van der Waals surface area contributed by atoms with Crippen LogP contribution in [0, 0.1) is 0 Å². The lowest BCUT2D eigenvalue weighted by molar-refractivity contribution is 0.579. The topological polar surface area (TPSA) is 74.8 Å². The fourth-order valence-electron chi connectivity index (χ4n) is 0.888. The molecule has 0 aromatic carbocycles. The van der Waals surface area contributed by atoms with Gasteiger partial charge in [-0.2, -0.15) is 5.10 Å². The van der Waals surface area contributed by atoms with E-state index in [0.29, 0.717) is 12.3 Å². The Morgan fingerprint density at radius 3 is 2.93 bits per heavy atom. The first-order chi connectivity index (χ1) is 6.64. The van der Waals surface area contributed by atoms with Crippen molar-refractivity contribution in [2.75, 3.05) is 11.6 Å². The number of H-pyrrole nitrogens is 1. The number of rotatable bonds is 6. The maximum absolute atomic E-state index is 11.3. The van der Waals surface area contributed by atoms with Gasteiger partial charge in [0.2, 0.25) is 10.0 Å². The number of aromatic amines is 1. The van der Waals surface area contributed by atoms with Crippen molar-refractivity contribution in [3.8, 4) is 0 Å². The van der Waals surface area contributed by atoms with E-state index in [1.807, 2.05) is 0 Å². The molecule has 0 aliphatic heterocycles. The van der Waals surface area contributed by atoms with Crippen LogP contribution in [0.15, 0.2) is 12.3 Å². The lowest BCUT2D eigenvalue weighted by atomic mass is 10.4. The molecule has 7 heteroatoms. The zero-order valence-electron chi connectivity index (χ0n) is 7.53. The zero-order chi connectivity index (χ0) is 10.4. The summed E-state index contributed by atoms with van der Waals surface area (Å²) >= 11 is 5.40. The molecule has 0 saturated heterocycles. The Labute approximate surface area is 87.9 Å². The summed E-state index contributed by atoms with van der Waals surface area (Å²) in [5, 5.41) is 6.37. The minimum absolute atomic E-state index is 0.0602. The van der Waals surface area contributed by atoms with Gasteiger partial charge in [0.25, 0.3) is 0 Å². The van der Waals surface area contributed by atoms with Crippen molar-refractivity contribution in [1.29, 1.82) is 0 Å². The molecule has 5 nitrogen and oxygen atoms in total. The summed E-state index contributed by atoms with van der Waals surface area (Å²) in [6.07, 6.45) is 2.03. The number of hydrogen-bond acceptors (Lipinski definition) is 3. The van der Waals surface area contributed by atoms with Crippen molar-refractivity contribution >= 4 is 21.6 Å². The quantitative estimate of drug-likeness (QED) is 0.706. The van der Waals surface area contributed by atoms with E-state index in [0.717, 1.165) is 5.69 Å². The second kappa shape index (κ2) is 5.33. The van der Waals surface area contributed by atoms with Crippen LogP contribution < -0.4 is 4.72 Å². The summed E-state index contributed by atoms with van der Waals surface area (Å²) in [4.78, 5) is 0. The SMILES string of the molecule is O=S(=O)(CCCCl)NCc1ccn[nH]1. The van der Waals surface area contributed by atoms with Crippen LogP contribution in [0.25, 0.3) is 0 Å². The molecule has 0 saturated carbocycles. The van der Waals surface area contributed by atoms with Crippen LogP contribution in [-0.2, 0) is 16.6 Å². The van der Waals surface area contributed by atoms with Gasteiger partial charge in [0.15, 0.2) is 0 Å². The van der Waals surface area contributed by atoms with Crippen LogP contribution in [0.1, 0.15) is 12.1 Å². The van der Waals surface area contributed by atoms with E-state index in [1.54, 1.807) is 12.3 Å². The molecule has 1 aromatic rings. The normalized spacial score (nSPS) is 11.8. The summed E-state index contributed by atoms with van der Waals surface area (Å²) in [5.41, 5.74) is 0.736. The van der Waals surface area contributed by atoms with Crippen molar-refractivity contribution in [3.05, 3.63) is 18.0 Å². The first-order valence-electron chi connectivity index (χ1n) is 4.15. The summed E-state index contributed by atoms with van der Waals surface area (Å²) in [7, 11) is -3.20. The highest BCUT2D eigenvalue weighted by Crippen LogP contribution is 1.95. The molecule has 0 fully saturated rings. The van der Waals surface area contributed by atoms with E-state index in [9.17, 15) is 8.42 Å². The molecule has 14 heavy (non-hydrogen) atoms. The van der Waals surface area contributed by atoms with Gasteiger partial charge in [-0.05, 0) is 12.5 Å². The van der Waals surface area contributed by atoms with Crippen molar-refractivity contribution in [2.45, 2.75) is 13.0 Å². The van der Waals surface area contributed by atoms with Crippen LogP contribution in [0.4, 0.5) is 0 Å². The van der Waals surface area contributed by atoms with Crippen LogP contribution in [0.2, 0.25) is 0 Å². The smallest absolute Gasteiger partial charge is 0.211 e. The van der Waals surface area contributed by atoms with Gasteiger partial charge >= 0.3 is 0 Å². The monoisotopic (exact) mass is 237 g/mol. The molecule has 0 atom stereocenters. The molecule has 80 valence electrons. The second-order valence-corrected chi connectivity index (χ2v) is 5.07. The standard InChI is InChI=1S/C7H12ClN3O2S/c8-3-1-5-14(12,13)10-6-7-2-4-9-11-7/h2,4,10H,1,3,5-6H2,(H,9,11). The van der Waals surface area contributed by atoms with Crippen LogP contribution >= 0.6 is 11.6 Å². The summed E-state index contributed by atoms with van der Waals surface area (Å²) < 4.78 is 25.0. The maximum atomic E-state index is 11.3. The number of hydrogen-bond donors (Lipinski definition) is 2. The Balaban J connectivity index is 2.37. The average Bonchev–Trinajstić information content (AvgIpc) is 2.64. The highest BCUT2D eigenvalue weighted by atomic mass is 35.5. The maximum Gasteiger partial charge on any atom is 0.211 e. The lowest BCUT2D eigenvalue weighted by Crippen LogP contribution is -2.26. The Kier molecular flexibility index (Phi) is 4.37. The van der Waals surface area contributed by atoms with Gasteiger partial charge in [-0.15, -0.1) is 11.6 Å². The van der Waals surface area contributed by atoms with Gasteiger partial charge in [0.05, 0.1) is 18.0 Å². The third kappa shape index (κ3) is 4.08. The Hall–Kier alpha value is -0.590. The molecule has 0 unspecified atom stereocenters. The van der Waals surface area contributed by atoms with Crippen molar-refractivity contribution in [1.82, 2.24) is 14.9 Å². The van der Waals surface area contributed by atoms with E-state index in [-0.39, 0.29) is 12.3 Å². The minimum atomic E-state index is -3.20. The lowest BCUT2D eigenvalue weighted by Gasteiger charge is -2.03. The molecule has 0 radical (unpaired) electrons. The minimum Gasteiger partial charge on any atom is -0.281 e. The zero-order valence-corrected chi connectivity index (χ0v) is 9.11. The molecule has 0 spiro atoms. The molecule has 1 rings (SSSR count). The van der Waals surface area contributed by atoms with Crippen molar-refractivity contribution in [2.24, 2.45) is 0 Å². The summed E-state index contributed by atoms with van der Waals surface area (Å²) in [5.74, 6) is 0.412. The number of nitrogens with zero attached hydrogens (tertiary/aromatic N) is 1. The van der Waals surface area contributed by atoms with Gasteiger partial charge in [0, 0.05) is 12.1 Å². The highest BCUT2D eigenvalue weighted by molar-refractivity contribution is 7.89. The number of halogens is 1. The Morgan fingerprint density at radius 1 is 1.57 bits per heavy atom. The fourth-order valence-corrected chi connectivity index (χ4v) is 2.22. The van der Waals surface area contributed by atoms with E-state index in [1.165, 1.54) is 0 Å². The van der Waals surface area contributed by atoms with Gasteiger partial charge in [0.1, 0.15) is 0 Å². The molecular weight excluding hydrogens is 226 g/mol. The van der Waals surface area contributed by atoms with Gasteiger partial charge in [-0.1, -0.05) is 0 Å². The molecule has 0 aliphatic carbocycles. The van der Waals surface area contributed by atoms with Gasteiger partial charge < -0.3 is 0 Å². The molecule has 1 heterocycles. The van der Waals surface area contributed by atoms with E-state index in [2.05, 4.69) is 14.9 Å². The fraction of sp³-hybridized carbons (Fsp3) is 0.571. The number of alkyl halides is 1. The third-order valence-electron chi connectivity index (χ3n) is 1.59. The number of nitrogens with one attached hydrogen (secondary N) is 2. The largest absolute Gasteiger partial charge is 0.281 e. The predicted molar refractivity (Wildman–Crippen MR) is 54.6 cm³/mol. The van der Waals surface area contributed by atoms with Crippen LogP contribution in [-0.4, -0.2) is 30.2 Å². The highest BCUT2D eigenvalue weighted by Gasteiger charge is 2.08. The molecule has 0 amide bonds. The predicted octanol–water partition coefficient (Wildman–Crippen LogP) is 0.458. The molecule has 0 bridgehead atoms. The summed E-state index contributed by atoms with van der Waals surface area (Å²) in [6.45, 7) is 0.241. The molecule has 2 N–H and O–H groups in total. The van der Waals surface area contributed by atoms with E-state index >= 15 is 0 Å². The third-order valence-corrected chi connectivity index (χ3v) is 3.27. The van der Waals surface area contributed by atoms with Crippen LogP contribution in [0.3, 0.4) is 0 Å². The van der Waals surface area contributed by atoms with Gasteiger partial charge in [-0.3, -0.25) is 5.10 Å². The number of sulfonamides is 1. The van der Waals surface area contributed by atoms with E-state index in [4.69, 9.17) is 11.6 Å². The first kappa shape index (κ1) is 11.5. The first-order valence-corrected chi connectivity index (χ1v) is 6.34. The number of aromatic nitrogens is 2. The molecular formula is C7H12ClN3O2S. The average molecular weight is 238 g/mol. The van der Waals surface area contributed by atoms with E-state index < -0.39 is 10.0 Å². The van der Waals surface area contributed by atoms with Crippen LogP contribution in [0.5, 0.6) is 0 Å². The van der Waals surface area contributed by atoms with Crippen molar-refractivity contribution < 1.29 is 8.42 Å². The summed E-state index contributed by atoms with van der Waals surface area (Å²) in [6, 6.07) is 1.71. The molecule has 1 aromatic heterocycles.